The lowest BCUT2D eigenvalue weighted by Gasteiger charge is -2.15. The summed E-state index contributed by atoms with van der Waals surface area (Å²) in [5, 5.41) is 8.75. The van der Waals surface area contributed by atoms with Gasteiger partial charge in [0.15, 0.2) is 0 Å². The van der Waals surface area contributed by atoms with Gasteiger partial charge >= 0.3 is 11.9 Å². The summed E-state index contributed by atoms with van der Waals surface area (Å²) in [4.78, 5) is 23.2. The summed E-state index contributed by atoms with van der Waals surface area (Å²) in [5.41, 5.74) is 0. The van der Waals surface area contributed by atoms with Gasteiger partial charge in [-0.3, -0.25) is 9.59 Å². The molecule has 1 unspecified atom stereocenters. The highest BCUT2D eigenvalue weighted by atomic mass is 16.5. The molecule has 42 heavy (non-hydrogen) atoms. The van der Waals surface area contributed by atoms with Crippen LogP contribution in [0.1, 0.15) is 200 Å². The minimum absolute atomic E-state index is 0.0458. The number of carbonyl (C=O) groups is 2. The van der Waals surface area contributed by atoms with E-state index in [4.69, 9.17) is 9.84 Å². The maximum Gasteiger partial charge on any atom is 0.306 e. The Morgan fingerprint density at radius 2 is 0.929 bits per heavy atom. The topological polar surface area (TPSA) is 63.6 Å². The summed E-state index contributed by atoms with van der Waals surface area (Å²) in [6.07, 6.45) is 42.0. The van der Waals surface area contributed by atoms with Gasteiger partial charge < -0.3 is 9.84 Å². The Balaban J connectivity index is 4.06. The van der Waals surface area contributed by atoms with E-state index in [1.807, 2.05) is 0 Å². The summed E-state index contributed by atoms with van der Waals surface area (Å²) in [5.74, 6) is -0.746. The van der Waals surface area contributed by atoms with Crippen LogP contribution in [0.3, 0.4) is 0 Å². The number of hydrogen-bond donors (Lipinski definition) is 1. The molecular weight excluding hydrogens is 520 g/mol. The summed E-state index contributed by atoms with van der Waals surface area (Å²) in [6.45, 7) is 4.52. The quantitative estimate of drug-likeness (QED) is 0.0469. The van der Waals surface area contributed by atoms with Gasteiger partial charge in [0.25, 0.3) is 0 Å². The van der Waals surface area contributed by atoms with Crippen molar-refractivity contribution >= 4 is 11.9 Å². The highest BCUT2D eigenvalue weighted by Gasteiger charge is 2.11. The van der Waals surface area contributed by atoms with E-state index in [1.165, 1.54) is 109 Å². The van der Waals surface area contributed by atoms with Crippen LogP contribution in [0.15, 0.2) is 24.3 Å². The smallest absolute Gasteiger partial charge is 0.306 e. The van der Waals surface area contributed by atoms with Crippen molar-refractivity contribution in [2.24, 2.45) is 0 Å². The van der Waals surface area contributed by atoms with Crippen molar-refractivity contribution in [1.82, 2.24) is 0 Å². The lowest BCUT2D eigenvalue weighted by molar-refractivity contribution is -0.147. The Kier molecular flexibility index (Phi) is 32.6. The van der Waals surface area contributed by atoms with Gasteiger partial charge in [-0.25, -0.2) is 0 Å². The first kappa shape index (κ1) is 40.4. The average Bonchev–Trinajstić information content (AvgIpc) is 2.97. The van der Waals surface area contributed by atoms with Crippen molar-refractivity contribution in [2.45, 2.75) is 206 Å². The number of allylic oxidation sites excluding steroid dienone is 3. The maximum absolute atomic E-state index is 12.6. The fraction of sp³-hybridized carbons (Fsp3) is 0.842. The second-order valence-electron chi connectivity index (χ2n) is 12.4. The number of rotatable bonds is 33. The third-order valence-corrected chi connectivity index (χ3v) is 8.13. The van der Waals surface area contributed by atoms with E-state index in [-0.39, 0.29) is 18.5 Å². The Bertz CT molecular complexity index is 639. The molecule has 0 saturated heterocycles. The van der Waals surface area contributed by atoms with Gasteiger partial charge in [0.2, 0.25) is 0 Å². The van der Waals surface area contributed by atoms with Gasteiger partial charge in [0, 0.05) is 12.8 Å². The van der Waals surface area contributed by atoms with Crippen LogP contribution >= 0.6 is 0 Å². The number of carboxylic acid groups (broad SMARTS) is 1. The van der Waals surface area contributed by atoms with Crippen molar-refractivity contribution in [1.29, 1.82) is 0 Å². The molecule has 0 aromatic carbocycles. The maximum atomic E-state index is 12.6. The summed E-state index contributed by atoms with van der Waals surface area (Å²) < 4.78 is 5.90. The number of carbonyl (C=O) groups excluding carboxylic acids is 1. The van der Waals surface area contributed by atoms with Gasteiger partial charge in [-0.15, -0.1) is 0 Å². The van der Waals surface area contributed by atoms with Crippen molar-refractivity contribution in [3.05, 3.63) is 24.3 Å². The monoisotopic (exact) mass is 591 g/mol. The van der Waals surface area contributed by atoms with Crippen molar-refractivity contribution in [3.8, 4) is 0 Å². The SMILES string of the molecule is CCCCCCCC/C=C\CCCCCCCC(=O)OC(/C=C\CCCCCCCC)CCCCCCCCC(=O)O. The van der Waals surface area contributed by atoms with E-state index < -0.39 is 5.97 Å². The number of unbranched alkanes of at least 4 members (excludes halogenated alkanes) is 22. The number of aliphatic carboxylic acids is 1. The van der Waals surface area contributed by atoms with Crippen LogP contribution in [0, 0.1) is 0 Å². The van der Waals surface area contributed by atoms with Crippen LogP contribution in [0.2, 0.25) is 0 Å². The van der Waals surface area contributed by atoms with E-state index in [0.717, 1.165) is 64.2 Å². The molecule has 4 heteroatoms. The van der Waals surface area contributed by atoms with E-state index in [0.29, 0.717) is 6.42 Å². The Morgan fingerprint density at radius 3 is 1.43 bits per heavy atom. The number of hydrogen-bond acceptors (Lipinski definition) is 3. The Labute approximate surface area is 261 Å². The van der Waals surface area contributed by atoms with Gasteiger partial charge in [-0.1, -0.05) is 141 Å². The third-order valence-electron chi connectivity index (χ3n) is 8.13. The predicted molar refractivity (Wildman–Crippen MR) is 181 cm³/mol. The zero-order chi connectivity index (χ0) is 30.8. The lowest BCUT2D eigenvalue weighted by Crippen LogP contribution is -2.16. The predicted octanol–water partition coefficient (Wildman–Crippen LogP) is 12.4. The fourth-order valence-electron chi connectivity index (χ4n) is 5.38. The molecule has 0 spiro atoms. The summed E-state index contributed by atoms with van der Waals surface area (Å²) in [6, 6.07) is 0. The molecule has 0 radical (unpaired) electrons. The number of esters is 1. The molecular formula is C38H70O4. The first-order valence-corrected chi connectivity index (χ1v) is 18.3. The van der Waals surface area contributed by atoms with Crippen LogP contribution in [-0.2, 0) is 14.3 Å². The Morgan fingerprint density at radius 1 is 0.524 bits per heavy atom. The molecule has 0 saturated carbocycles. The van der Waals surface area contributed by atoms with Crippen molar-refractivity contribution < 1.29 is 19.4 Å². The molecule has 0 aliphatic rings. The van der Waals surface area contributed by atoms with E-state index in [9.17, 15) is 9.59 Å². The van der Waals surface area contributed by atoms with Gasteiger partial charge in [-0.2, -0.15) is 0 Å². The average molecular weight is 591 g/mol. The summed E-state index contributed by atoms with van der Waals surface area (Å²) in [7, 11) is 0. The minimum atomic E-state index is -0.700. The lowest BCUT2D eigenvalue weighted by atomic mass is 10.0. The van der Waals surface area contributed by atoms with Crippen LogP contribution in [0.4, 0.5) is 0 Å². The van der Waals surface area contributed by atoms with Crippen LogP contribution in [0.5, 0.6) is 0 Å². The first-order valence-electron chi connectivity index (χ1n) is 18.3. The molecule has 0 aliphatic heterocycles. The molecule has 0 amide bonds. The van der Waals surface area contributed by atoms with Crippen molar-refractivity contribution in [3.63, 3.8) is 0 Å². The first-order chi connectivity index (χ1) is 20.6. The molecule has 0 aliphatic carbocycles. The van der Waals surface area contributed by atoms with E-state index in [2.05, 4.69) is 38.2 Å². The molecule has 4 nitrogen and oxygen atoms in total. The van der Waals surface area contributed by atoms with Crippen LogP contribution in [-0.4, -0.2) is 23.1 Å². The largest absolute Gasteiger partial charge is 0.481 e. The zero-order valence-electron chi connectivity index (χ0n) is 28.1. The van der Waals surface area contributed by atoms with Gasteiger partial charge in [-0.05, 0) is 70.3 Å². The second-order valence-corrected chi connectivity index (χ2v) is 12.4. The van der Waals surface area contributed by atoms with Crippen LogP contribution in [0.25, 0.3) is 0 Å². The Hall–Kier alpha value is -1.58. The van der Waals surface area contributed by atoms with Crippen LogP contribution < -0.4 is 0 Å². The van der Waals surface area contributed by atoms with E-state index in [1.54, 1.807) is 0 Å². The molecule has 246 valence electrons. The standard InChI is InChI=1S/C38H70O4/c1-3-5-7-9-11-13-14-15-16-17-18-19-21-27-31-35-38(41)42-36(32-28-24-20-12-10-8-6-4-2)33-29-25-22-23-26-30-34-37(39)40/h15-16,28,32,36H,3-14,17-27,29-31,33-35H2,1-2H3,(H,39,40)/b16-15-,32-28-. The fourth-order valence-corrected chi connectivity index (χ4v) is 5.38. The highest BCUT2D eigenvalue weighted by Crippen LogP contribution is 2.16. The molecule has 0 aromatic rings. The molecule has 0 rings (SSSR count). The van der Waals surface area contributed by atoms with Crippen molar-refractivity contribution in [2.75, 3.05) is 0 Å². The third kappa shape index (κ3) is 32.9. The molecule has 0 aromatic heterocycles. The highest BCUT2D eigenvalue weighted by molar-refractivity contribution is 5.69. The number of ether oxygens (including phenoxy) is 1. The molecule has 0 heterocycles. The summed E-state index contributed by atoms with van der Waals surface area (Å²) >= 11 is 0. The molecule has 1 atom stereocenters. The number of carboxylic acids is 1. The van der Waals surface area contributed by atoms with E-state index >= 15 is 0 Å². The molecule has 1 N–H and O–H groups in total. The molecule has 0 fully saturated rings. The van der Waals surface area contributed by atoms with Gasteiger partial charge in [0.05, 0.1) is 0 Å². The second kappa shape index (κ2) is 33.9. The normalized spacial score (nSPS) is 12.4. The minimum Gasteiger partial charge on any atom is -0.481 e. The zero-order valence-corrected chi connectivity index (χ0v) is 28.1. The molecule has 0 bridgehead atoms. The van der Waals surface area contributed by atoms with Gasteiger partial charge in [0.1, 0.15) is 6.10 Å².